The third-order valence-corrected chi connectivity index (χ3v) is 5.74. The van der Waals surface area contributed by atoms with Gasteiger partial charge in [-0.25, -0.2) is 4.79 Å². The SMILES string of the molecule is COC(=O)c1ccncc1NC[C@@H]1CCOc2cc(N(C)c3cccc(Cl)c3)ccc21. The minimum atomic E-state index is -0.383. The van der Waals surface area contributed by atoms with Gasteiger partial charge in [0.25, 0.3) is 0 Å². The van der Waals surface area contributed by atoms with E-state index in [1.165, 1.54) is 7.11 Å². The molecule has 0 bridgehead atoms. The first kappa shape index (κ1) is 21.0. The molecule has 0 aliphatic carbocycles. The number of hydrogen-bond acceptors (Lipinski definition) is 6. The van der Waals surface area contributed by atoms with Crippen LogP contribution in [0.4, 0.5) is 17.1 Å². The molecule has 160 valence electrons. The Balaban J connectivity index is 1.52. The van der Waals surface area contributed by atoms with Crippen LogP contribution in [0.1, 0.15) is 28.3 Å². The van der Waals surface area contributed by atoms with Gasteiger partial charge >= 0.3 is 5.97 Å². The third kappa shape index (κ3) is 4.59. The lowest BCUT2D eigenvalue weighted by Crippen LogP contribution is -2.22. The minimum Gasteiger partial charge on any atom is -0.493 e. The van der Waals surface area contributed by atoms with Crippen molar-refractivity contribution in [2.75, 3.05) is 37.5 Å². The Hall–Kier alpha value is -3.25. The zero-order valence-corrected chi connectivity index (χ0v) is 18.2. The normalized spacial score (nSPS) is 14.9. The number of fused-ring (bicyclic) bond motifs is 1. The Labute approximate surface area is 186 Å². The van der Waals surface area contributed by atoms with E-state index in [-0.39, 0.29) is 11.9 Å². The van der Waals surface area contributed by atoms with E-state index in [2.05, 4.69) is 33.4 Å². The van der Waals surface area contributed by atoms with Crippen LogP contribution in [0.3, 0.4) is 0 Å². The first-order valence-electron chi connectivity index (χ1n) is 10.1. The summed E-state index contributed by atoms with van der Waals surface area (Å²) >= 11 is 6.14. The Morgan fingerprint density at radius 2 is 2.10 bits per heavy atom. The van der Waals surface area contributed by atoms with Crippen molar-refractivity contribution in [2.45, 2.75) is 12.3 Å². The summed E-state index contributed by atoms with van der Waals surface area (Å²) in [7, 11) is 3.38. The van der Waals surface area contributed by atoms with Crippen LogP contribution in [0.25, 0.3) is 0 Å². The first-order valence-corrected chi connectivity index (χ1v) is 10.5. The fraction of sp³-hybridized carbons (Fsp3) is 0.250. The fourth-order valence-corrected chi connectivity index (χ4v) is 3.95. The molecule has 1 aromatic heterocycles. The lowest BCUT2D eigenvalue weighted by molar-refractivity contribution is 0.0601. The van der Waals surface area contributed by atoms with Crippen molar-refractivity contribution >= 4 is 34.6 Å². The van der Waals surface area contributed by atoms with Crippen LogP contribution in [0, 0.1) is 0 Å². The zero-order chi connectivity index (χ0) is 21.8. The average Bonchev–Trinajstić information content (AvgIpc) is 2.81. The molecule has 1 atom stereocenters. The van der Waals surface area contributed by atoms with E-state index >= 15 is 0 Å². The van der Waals surface area contributed by atoms with Gasteiger partial charge in [-0.15, -0.1) is 0 Å². The molecule has 4 rings (SSSR count). The Bertz CT molecular complexity index is 1090. The van der Waals surface area contributed by atoms with E-state index in [9.17, 15) is 4.79 Å². The number of ether oxygens (including phenoxy) is 2. The molecule has 0 fully saturated rings. The highest BCUT2D eigenvalue weighted by atomic mass is 35.5. The maximum atomic E-state index is 12.0. The molecule has 0 saturated carbocycles. The Kier molecular flexibility index (Phi) is 6.28. The Morgan fingerprint density at radius 3 is 2.90 bits per heavy atom. The summed E-state index contributed by atoms with van der Waals surface area (Å²) in [6.07, 6.45) is 4.12. The quantitative estimate of drug-likeness (QED) is 0.530. The molecule has 31 heavy (non-hydrogen) atoms. The van der Waals surface area contributed by atoms with Crippen LogP contribution >= 0.6 is 11.6 Å². The number of nitrogens with one attached hydrogen (secondary N) is 1. The molecule has 2 heterocycles. The number of esters is 1. The summed E-state index contributed by atoms with van der Waals surface area (Å²) in [5.41, 5.74) is 4.32. The molecule has 1 aliphatic heterocycles. The molecule has 0 amide bonds. The number of anilines is 3. The van der Waals surface area contributed by atoms with Gasteiger partial charge < -0.3 is 19.7 Å². The summed E-state index contributed by atoms with van der Waals surface area (Å²) in [6, 6.07) is 15.7. The van der Waals surface area contributed by atoms with Gasteiger partial charge in [0.15, 0.2) is 0 Å². The Morgan fingerprint density at radius 1 is 1.26 bits per heavy atom. The summed E-state index contributed by atoms with van der Waals surface area (Å²) in [5, 5.41) is 4.06. The number of methoxy groups -OCH3 is 1. The van der Waals surface area contributed by atoms with E-state index < -0.39 is 0 Å². The van der Waals surface area contributed by atoms with Crippen LogP contribution in [-0.4, -0.2) is 38.3 Å². The van der Waals surface area contributed by atoms with E-state index in [0.29, 0.717) is 29.4 Å². The van der Waals surface area contributed by atoms with Crippen molar-refractivity contribution in [1.29, 1.82) is 0 Å². The number of aromatic nitrogens is 1. The molecule has 2 aromatic carbocycles. The molecule has 0 spiro atoms. The van der Waals surface area contributed by atoms with Gasteiger partial charge in [0.1, 0.15) is 5.75 Å². The zero-order valence-electron chi connectivity index (χ0n) is 17.5. The highest BCUT2D eigenvalue weighted by molar-refractivity contribution is 6.30. The maximum Gasteiger partial charge on any atom is 0.340 e. The molecule has 0 radical (unpaired) electrons. The van der Waals surface area contributed by atoms with E-state index in [1.54, 1.807) is 18.5 Å². The predicted molar refractivity (Wildman–Crippen MR) is 123 cm³/mol. The average molecular weight is 438 g/mol. The van der Waals surface area contributed by atoms with Crippen molar-refractivity contribution in [3.05, 3.63) is 77.1 Å². The van der Waals surface area contributed by atoms with Crippen LogP contribution in [0.15, 0.2) is 60.9 Å². The molecular weight excluding hydrogens is 414 g/mol. The predicted octanol–water partition coefficient (Wildman–Crippen LogP) is 5.27. The number of carbonyl (C=O) groups excluding carboxylic acids is 1. The van der Waals surface area contributed by atoms with Gasteiger partial charge in [0.05, 0.1) is 31.2 Å². The molecule has 1 N–H and O–H groups in total. The van der Waals surface area contributed by atoms with Gasteiger partial charge in [0.2, 0.25) is 0 Å². The van der Waals surface area contributed by atoms with Crippen LogP contribution in [0.5, 0.6) is 5.75 Å². The topological polar surface area (TPSA) is 63.7 Å². The van der Waals surface area contributed by atoms with Crippen molar-refractivity contribution in [1.82, 2.24) is 4.98 Å². The molecular formula is C24H24ClN3O3. The van der Waals surface area contributed by atoms with E-state index in [1.807, 2.05) is 31.3 Å². The van der Waals surface area contributed by atoms with Gasteiger partial charge in [0, 0.05) is 48.2 Å². The van der Waals surface area contributed by atoms with Crippen molar-refractivity contribution in [2.24, 2.45) is 0 Å². The number of pyridine rings is 1. The van der Waals surface area contributed by atoms with Crippen molar-refractivity contribution in [3.8, 4) is 5.75 Å². The number of carbonyl (C=O) groups is 1. The van der Waals surface area contributed by atoms with Gasteiger partial charge in [-0.05, 0) is 42.3 Å². The third-order valence-electron chi connectivity index (χ3n) is 5.51. The van der Waals surface area contributed by atoms with Crippen LogP contribution in [0.2, 0.25) is 5.02 Å². The number of halogens is 1. The summed E-state index contributed by atoms with van der Waals surface area (Å²) < 4.78 is 10.8. The monoisotopic (exact) mass is 437 g/mol. The number of hydrogen-bond donors (Lipinski definition) is 1. The van der Waals surface area contributed by atoms with E-state index in [4.69, 9.17) is 21.1 Å². The standard InChI is InChI=1S/C24H24ClN3O3/c1-28(18-5-3-4-17(25)12-18)19-6-7-20-16(9-11-31-23(20)13-19)14-27-22-15-26-10-8-21(22)24(29)30-2/h3-8,10,12-13,15-16,27H,9,11,14H2,1-2H3/t16-/m0/s1. The van der Waals surface area contributed by atoms with Crippen LogP contribution < -0.4 is 15.0 Å². The van der Waals surface area contributed by atoms with Gasteiger partial charge in [-0.3, -0.25) is 4.98 Å². The lowest BCUT2D eigenvalue weighted by Gasteiger charge is -2.28. The number of rotatable bonds is 6. The second kappa shape index (κ2) is 9.27. The molecule has 3 aromatic rings. The van der Waals surface area contributed by atoms with Gasteiger partial charge in [-0.1, -0.05) is 23.7 Å². The number of benzene rings is 2. The highest BCUT2D eigenvalue weighted by Gasteiger charge is 2.23. The molecule has 7 heteroatoms. The van der Waals surface area contributed by atoms with Crippen molar-refractivity contribution in [3.63, 3.8) is 0 Å². The molecule has 1 aliphatic rings. The minimum absolute atomic E-state index is 0.250. The largest absolute Gasteiger partial charge is 0.493 e. The molecule has 0 unspecified atom stereocenters. The maximum absolute atomic E-state index is 12.0. The number of nitrogens with zero attached hydrogens (tertiary/aromatic N) is 2. The van der Waals surface area contributed by atoms with Gasteiger partial charge in [-0.2, -0.15) is 0 Å². The van der Waals surface area contributed by atoms with Crippen molar-refractivity contribution < 1.29 is 14.3 Å². The summed E-state index contributed by atoms with van der Waals surface area (Å²) in [6.45, 7) is 1.30. The summed E-state index contributed by atoms with van der Waals surface area (Å²) in [5.74, 6) is 0.745. The molecule has 0 saturated heterocycles. The second-order valence-electron chi connectivity index (χ2n) is 7.39. The highest BCUT2D eigenvalue weighted by Crippen LogP contribution is 2.38. The fourth-order valence-electron chi connectivity index (χ4n) is 3.76. The smallest absolute Gasteiger partial charge is 0.340 e. The summed E-state index contributed by atoms with van der Waals surface area (Å²) in [4.78, 5) is 18.2. The van der Waals surface area contributed by atoms with Crippen LogP contribution in [-0.2, 0) is 4.74 Å². The first-order chi connectivity index (χ1) is 15.1. The molecule has 6 nitrogen and oxygen atoms in total. The van der Waals surface area contributed by atoms with E-state index in [0.717, 1.165) is 29.1 Å². The second-order valence-corrected chi connectivity index (χ2v) is 7.83. The lowest BCUT2D eigenvalue weighted by atomic mass is 9.92.